The number of hydrogen-bond donors (Lipinski definition) is 1. The Morgan fingerprint density at radius 1 is 1.00 bits per heavy atom. The molecule has 0 aromatic heterocycles. The van der Waals surface area contributed by atoms with Crippen LogP contribution < -0.4 is 0 Å². The van der Waals surface area contributed by atoms with Crippen LogP contribution in [0.1, 0.15) is 125 Å². The smallest absolute Gasteiger partial charge is 0.306 e. The van der Waals surface area contributed by atoms with Gasteiger partial charge in [0.2, 0.25) is 0 Å². The number of allylic oxidation sites excluding steroid dienone is 1. The molecule has 3 fully saturated rings. The lowest BCUT2D eigenvalue weighted by atomic mass is 9.47. The van der Waals surface area contributed by atoms with Crippen molar-refractivity contribution in [1.29, 1.82) is 0 Å². The molecule has 0 aromatic carbocycles. The molecule has 0 amide bonds. The Morgan fingerprint density at radius 3 is 2.46 bits per heavy atom. The van der Waals surface area contributed by atoms with Crippen LogP contribution in [0, 0.1) is 52.3 Å². The van der Waals surface area contributed by atoms with E-state index in [2.05, 4.69) is 40.7 Å². The molecule has 3 saturated carbocycles. The van der Waals surface area contributed by atoms with Gasteiger partial charge in [-0.2, -0.15) is 0 Å². The molecule has 4 rings (SSSR count). The van der Waals surface area contributed by atoms with Crippen LogP contribution in [0.25, 0.3) is 0 Å². The van der Waals surface area contributed by atoms with E-state index in [1.807, 2.05) is 6.92 Å². The van der Waals surface area contributed by atoms with Gasteiger partial charge in [-0.15, -0.1) is 0 Å². The molecule has 4 aliphatic carbocycles. The molecule has 9 atom stereocenters. The van der Waals surface area contributed by atoms with Crippen molar-refractivity contribution in [2.45, 2.75) is 131 Å². The quantitative estimate of drug-likeness (QED) is 0.235. The van der Waals surface area contributed by atoms with Crippen LogP contribution in [0.3, 0.4) is 0 Å². The van der Waals surface area contributed by atoms with Gasteiger partial charge in [-0.25, -0.2) is 0 Å². The molecule has 0 aromatic rings. The fraction of sp³-hybridized carbons (Fsp3) is 0.879. The summed E-state index contributed by atoms with van der Waals surface area (Å²) in [5.41, 5.74) is 2.31. The molecule has 37 heavy (non-hydrogen) atoms. The minimum Gasteiger partial charge on any atom is -0.481 e. The molecule has 2 unspecified atom stereocenters. The van der Waals surface area contributed by atoms with Crippen molar-refractivity contribution >= 4 is 11.9 Å². The van der Waals surface area contributed by atoms with Crippen LogP contribution >= 0.6 is 0 Å². The van der Waals surface area contributed by atoms with Gasteiger partial charge in [0.1, 0.15) is 6.10 Å². The third kappa shape index (κ3) is 5.98. The van der Waals surface area contributed by atoms with Crippen molar-refractivity contribution in [3.8, 4) is 0 Å². The van der Waals surface area contributed by atoms with Gasteiger partial charge in [-0.05, 0) is 97.2 Å². The maximum absolute atomic E-state index is 12.5. The molecular weight excluding hydrogens is 460 g/mol. The Labute approximate surface area is 226 Å². The van der Waals surface area contributed by atoms with E-state index < -0.39 is 5.97 Å². The first-order valence-electron chi connectivity index (χ1n) is 15.5. The minimum absolute atomic E-state index is 0.0176. The van der Waals surface area contributed by atoms with Crippen molar-refractivity contribution in [3.63, 3.8) is 0 Å². The SMILES string of the molecule is CC(C)CCC[C@@H](C)C1CC[C@H]2[C@@H]3CC=C4C[C@@H](OC(=O)CC(C)CC(=O)O)CC[C@]4(C)[C@H]3CC[C@]12C. The average molecular weight is 515 g/mol. The fourth-order valence-electron chi connectivity index (χ4n) is 9.64. The first-order valence-corrected chi connectivity index (χ1v) is 15.5. The van der Waals surface area contributed by atoms with Crippen LogP contribution in [0.4, 0.5) is 0 Å². The standard InChI is InChI=1S/C33H54O4/c1-21(2)8-7-9-23(4)27-12-13-28-26-11-10-24-20-25(37-31(36)19-22(3)18-30(34)35)14-16-32(24,5)29(26)15-17-33(27,28)6/h10,21-23,25-29H,7-9,11-20H2,1-6H3,(H,34,35)/t22?,23-,25+,26+,27?,28+,29+,32+,33-/m1/s1. The summed E-state index contributed by atoms with van der Waals surface area (Å²) in [7, 11) is 0. The number of carbonyl (C=O) groups is 2. The summed E-state index contributed by atoms with van der Waals surface area (Å²) < 4.78 is 5.87. The Hall–Kier alpha value is -1.32. The number of esters is 1. The summed E-state index contributed by atoms with van der Waals surface area (Å²) in [5, 5.41) is 8.98. The van der Waals surface area contributed by atoms with Crippen LogP contribution in [0.5, 0.6) is 0 Å². The van der Waals surface area contributed by atoms with Crippen LogP contribution in [0.2, 0.25) is 0 Å². The average Bonchev–Trinajstić information content (AvgIpc) is 3.15. The number of carbonyl (C=O) groups excluding carboxylic acids is 1. The van der Waals surface area contributed by atoms with Crippen LogP contribution in [0.15, 0.2) is 11.6 Å². The highest BCUT2D eigenvalue weighted by Gasteiger charge is 2.59. The second kappa shape index (κ2) is 11.4. The second-order valence-corrected chi connectivity index (χ2v) is 14.6. The van der Waals surface area contributed by atoms with E-state index in [0.717, 1.165) is 54.8 Å². The van der Waals surface area contributed by atoms with Crippen molar-refractivity contribution in [1.82, 2.24) is 0 Å². The minimum atomic E-state index is -0.853. The van der Waals surface area contributed by atoms with Crippen LogP contribution in [-0.2, 0) is 14.3 Å². The van der Waals surface area contributed by atoms with Gasteiger partial charge in [-0.3, -0.25) is 9.59 Å². The number of carboxylic acids is 1. The normalized spacial score (nSPS) is 38.7. The lowest BCUT2D eigenvalue weighted by Crippen LogP contribution is -2.51. The predicted molar refractivity (Wildman–Crippen MR) is 149 cm³/mol. The van der Waals surface area contributed by atoms with Crippen LogP contribution in [-0.4, -0.2) is 23.1 Å². The van der Waals surface area contributed by atoms with E-state index in [1.54, 1.807) is 0 Å². The van der Waals surface area contributed by atoms with Crippen molar-refractivity contribution in [2.75, 3.05) is 0 Å². The summed E-state index contributed by atoms with van der Waals surface area (Å²) in [6.07, 6.45) is 16.6. The predicted octanol–water partition coefficient (Wildman–Crippen LogP) is 8.44. The summed E-state index contributed by atoms with van der Waals surface area (Å²) in [4.78, 5) is 23.4. The molecule has 0 radical (unpaired) electrons. The largest absolute Gasteiger partial charge is 0.481 e. The number of carboxylic acid groups (broad SMARTS) is 1. The van der Waals surface area contributed by atoms with Gasteiger partial charge in [0.25, 0.3) is 0 Å². The van der Waals surface area contributed by atoms with E-state index in [1.165, 1.54) is 56.9 Å². The van der Waals surface area contributed by atoms with E-state index in [9.17, 15) is 9.59 Å². The van der Waals surface area contributed by atoms with Crippen molar-refractivity contribution in [3.05, 3.63) is 11.6 Å². The summed E-state index contributed by atoms with van der Waals surface area (Å²) in [6, 6.07) is 0. The lowest BCUT2D eigenvalue weighted by Gasteiger charge is -2.58. The molecule has 0 heterocycles. The maximum atomic E-state index is 12.5. The zero-order valence-electron chi connectivity index (χ0n) is 24.6. The molecular formula is C33H54O4. The number of fused-ring (bicyclic) bond motifs is 5. The van der Waals surface area contributed by atoms with Gasteiger partial charge in [0, 0.05) is 19.3 Å². The van der Waals surface area contributed by atoms with E-state index >= 15 is 0 Å². The number of hydrogen-bond acceptors (Lipinski definition) is 3. The number of ether oxygens (including phenoxy) is 1. The van der Waals surface area contributed by atoms with Crippen molar-refractivity contribution < 1.29 is 19.4 Å². The molecule has 0 spiro atoms. The highest BCUT2D eigenvalue weighted by atomic mass is 16.5. The van der Waals surface area contributed by atoms with Gasteiger partial charge in [0.05, 0.1) is 0 Å². The number of aliphatic carboxylic acids is 1. The molecule has 0 saturated heterocycles. The number of rotatable bonds is 10. The van der Waals surface area contributed by atoms with E-state index in [0.29, 0.717) is 5.41 Å². The third-order valence-electron chi connectivity index (χ3n) is 11.6. The van der Waals surface area contributed by atoms with Crippen molar-refractivity contribution in [2.24, 2.45) is 52.3 Å². The molecule has 4 nitrogen and oxygen atoms in total. The Bertz CT molecular complexity index is 860. The molecule has 4 heteroatoms. The monoisotopic (exact) mass is 514 g/mol. The first-order chi connectivity index (χ1) is 17.4. The Kier molecular flexibility index (Phi) is 8.86. The molecule has 0 aliphatic heterocycles. The summed E-state index contributed by atoms with van der Waals surface area (Å²) >= 11 is 0. The van der Waals surface area contributed by atoms with Gasteiger partial charge < -0.3 is 9.84 Å². The summed E-state index contributed by atoms with van der Waals surface area (Å²) in [5.74, 6) is 3.74. The summed E-state index contributed by atoms with van der Waals surface area (Å²) in [6.45, 7) is 14.2. The third-order valence-corrected chi connectivity index (χ3v) is 11.6. The topological polar surface area (TPSA) is 63.6 Å². The molecule has 210 valence electrons. The van der Waals surface area contributed by atoms with Gasteiger partial charge in [0.15, 0.2) is 0 Å². The first kappa shape index (κ1) is 28.7. The van der Waals surface area contributed by atoms with E-state index in [-0.39, 0.29) is 36.2 Å². The molecule has 0 bridgehead atoms. The second-order valence-electron chi connectivity index (χ2n) is 14.6. The fourth-order valence-corrected chi connectivity index (χ4v) is 9.64. The van der Waals surface area contributed by atoms with E-state index in [4.69, 9.17) is 9.84 Å². The van der Waals surface area contributed by atoms with Gasteiger partial charge in [-0.1, -0.05) is 72.5 Å². The van der Waals surface area contributed by atoms with Gasteiger partial charge >= 0.3 is 11.9 Å². The zero-order valence-corrected chi connectivity index (χ0v) is 24.6. The molecule has 1 N–H and O–H groups in total. The Balaban J connectivity index is 1.38. The zero-order chi connectivity index (χ0) is 27.0. The highest BCUT2D eigenvalue weighted by molar-refractivity contribution is 5.72. The Morgan fingerprint density at radius 2 is 1.76 bits per heavy atom. The molecule has 4 aliphatic rings. The highest BCUT2D eigenvalue weighted by Crippen LogP contribution is 2.67. The maximum Gasteiger partial charge on any atom is 0.306 e. The lowest BCUT2D eigenvalue weighted by molar-refractivity contribution is -0.152.